The van der Waals surface area contributed by atoms with E-state index in [9.17, 15) is 9.59 Å². The van der Waals surface area contributed by atoms with Crippen LogP contribution in [0.2, 0.25) is 0 Å². The van der Waals surface area contributed by atoms with E-state index in [2.05, 4.69) is 0 Å². The summed E-state index contributed by atoms with van der Waals surface area (Å²) in [6.07, 6.45) is 0.351. The van der Waals surface area contributed by atoms with Crippen LogP contribution in [0, 0.1) is 5.41 Å². The van der Waals surface area contributed by atoms with E-state index >= 15 is 0 Å². The number of hydrogen-bond acceptors (Lipinski definition) is 4. The van der Waals surface area contributed by atoms with Crippen molar-refractivity contribution in [2.45, 2.75) is 25.8 Å². The Hall–Kier alpha value is -2.01. The Morgan fingerprint density at radius 3 is 2.33 bits per heavy atom. The van der Waals surface area contributed by atoms with Gasteiger partial charge in [-0.2, -0.15) is 0 Å². The third kappa shape index (κ3) is 4.10. The van der Waals surface area contributed by atoms with Crippen molar-refractivity contribution in [3.05, 3.63) is 35.4 Å². The average Bonchev–Trinajstić information content (AvgIpc) is 2.28. The lowest BCUT2D eigenvalue weighted by atomic mass is 10.0. The molecule has 0 aromatic heterocycles. The van der Waals surface area contributed by atoms with Crippen LogP contribution in [0.25, 0.3) is 0 Å². The first kappa shape index (κ1) is 14.1. The van der Waals surface area contributed by atoms with Crippen molar-refractivity contribution in [1.29, 1.82) is 5.41 Å². The zero-order valence-corrected chi connectivity index (χ0v) is 10.1. The molecule has 0 saturated carbocycles. The number of carbonyl (C=O) groups excluding carboxylic acids is 1. The van der Waals surface area contributed by atoms with Gasteiger partial charge in [-0.15, -0.1) is 0 Å². The van der Waals surface area contributed by atoms with Crippen LogP contribution in [0.4, 0.5) is 0 Å². The van der Waals surface area contributed by atoms with Crippen molar-refractivity contribution in [3.8, 4) is 0 Å². The number of rotatable bonds is 6. The molecule has 4 N–H and O–H groups in total. The smallest absolute Gasteiger partial charge is 0.320 e. The van der Waals surface area contributed by atoms with Gasteiger partial charge in [0.2, 0.25) is 0 Å². The Morgan fingerprint density at radius 1 is 1.33 bits per heavy atom. The first-order chi connectivity index (χ1) is 8.40. The van der Waals surface area contributed by atoms with Crippen LogP contribution in [0.15, 0.2) is 24.3 Å². The largest absolute Gasteiger partial charge is 0.480 e. The maximum absolute atomic E-state index is 10.9. The van der Waals surface area contributed by atoms with E-state index in [4.69, 9.17) is 16.2 Å². The Kier molecular flexibility index (Phi) is 4.74. The molecule has 1 unspecified atom stereocenters. The average molecular weight is 248 g/mol. The summed E-state index contributed by atoms with van der Waals surface area (Å²) in [7, 11) is 0. The molecule has 18 heavy (non-hydrogen) atoms. The monoisotopic (exact) mass is 248 g/mol. The van der Waals surface area contributed by atoms with Crippen LogP contribution < -0.4 is 5.73 Å². The number of carboxylic acids is 1. The summed E-state index contributed by atoms with van der Waals surface area (Å²) in [5.74, 6) is -1.10. The van der Waals surface area contributed by atoms with Crippen molar-refractivity contribution in [2.24, 2.45) is 5.73 Å². The lowest BCUT2D eigenvalue weighted by molar-refractivity contribution is -0.138. The molecule has 0 aliphatic carbocycles. The lowest BCUT2D eigenvalue weighted by Gasteiger charge is -2.07. The van der Waals surface area contributed by atoms with E-state index in [1.807, 2.05) is 0 Å². The molecule has 0 fully saturated rings. The molecule has 0 radical (unpaired) electrons. The molecule has 5 heteroatoms. The van der Waals surface area contributed by atoms with Gasteiger partial charge < -0.3 is 16.2 Å². The highest BCUT2D eigenvalue weighted by atomic mass is 16.4. The summed E-state index contributed by atoms with van der Waals surface area (Å²) in [5, 5.41) is 16.4. The van der Waals surface area contributed by atoms with Crippen LogP contribution in [0.1, 0.15) is 24.5 Å². The summed E-state index contributed by atoms with van der Waals surface area (Å²) in [6.45, 7) is 1.44. The molecule has 0 bridgehead atoms. The number of ketones is 1. The second kappa shape index (κ2) is 6.07. The van der Waals surface area contributed by atoms with Gasteiger partial charge in [-0.25, -0.2) is 0 Å². The number of aliphatic carboxylic acids is 1. The maximum atomic E-state index is 10.9. The molecule has 0 spiro atoms. The number of nitrogens with two attached hydrogens (primary N) is 1. The van der Waals surface area contributed by atoms with Crippen LogP contribution in [0.5, 0.6) is 0 Å². The zero-order chi connectivity index (χ0) is 13.7. The summed E-state index contributed by atoms with van der Waals surface area (Å²) < 4.78 is 0. The van der Waals surface area contributed by atoms with E-state index in [1.165, 1.54) is 6.92 Å². The quantitative estimate of drug-likeness (QED) is 0.653. The van der Waals surface area contributed by atoms with Crippen molar-refractivity contribution in [2.75, 3.05) is 0 Å². The highest BCUT2D eigenvalue weighted by Gasteiger charge is 2.12. The first-order valence-electron chi connectivity index (χ1n) is 5.54. The fourth-order valence-electron chi connectivity index (χ4n) is 1.53. The van der Waals surface area contributed by atoms with E-state index in [-0.39, 0.29) is 24.3 Å². The minimum absolute atomic E-state index is 0.0584. The molecule has 1 aromatic carbocycles. The van der Waals surface area contributed by atoms with E-state index in [0.29, 0.717) is 5.56 Å². The molecule has 1 aromatic rings. The van der Waals surface area contributed by atoms with Gasteiger partial charge in [-0.05, 0) is 24.5 Å². The standard InChI is InChI=1S/C13H16N2O3/c1-8(16)6-11(14)10-4-2-9(3-5-10)7-12(15)13(17)18/h2-5,12,14H,6-7,15H2,1H3,(H,17,18). The molecule has 0 heterocycles. The molecule has 0 saturated heterocycles. The summed E-state index contributed by atoms with van der Waals surface area (Å²) >= 11 is 0. The van der Waals surface area contributed by atoms with Crippen molar-refractivity contribution in [1.82, 2.24) is 0 Å². The van der Waals surface area contributed by atoms with Gasteiger partial charge in [0.1, 0.15) is 11.8 Å². The predicted octanol–water partition coefficient (Wildman–Crippen LogP) is 0.988. The van der Waals surface area contributed by atoms with Crippen molar-refractivity contribution < 1.29 is 14.7 Å². The SMILES string of the molecule is CC(=O)CC(=N)c1ccc(CC(N)C(=O)O)cc1. The normalized spacial score (nSPS) is 11.9. The topological polar surface area (TPSA) is 104 Å². The predicted molar refractivity (Wildman–Crippen MR) is 67.9 cm³/mol. The zero-order valence-electron chi connectivity index (χ0n) is 10.1. The fourth-order valence-corrected chi connectivity index (χ4v) is 1.53. The Balaban J connectivity index is 2.71. The molecule has 1 rings (SSSR count). The second-order valence-corrected chi connectivity index (χ2v) is 4.20. The molecular weight excluding hydrogens is 232 g/mol. The van der Waals surface area contributed by atoms with Gasteiger partial charge in [0.25, 0.3) is 0 Å². The Bertz CT molecular complexity index is 466. The third-order valence-corrected chi connectivity index (χ3v) is 2.50. The summed E-state index contributed by atoms with van der Waals surface area (Å²) in [4.78, 5) is 21.5. The minimum Gasteiger partial charge on any atom is -0.480 e. The molecule has 0 aliphatic heterocycles. The number of carboxylic acid groups (broad SMARTS) is 1. The van der Waals surface area contributed by atoms with Crippen LogP contribution in [-0.4, -0.2) is 28.6 Å². The van der Waals surface area contributed by atoms with Crippen LogP contribution >= 0.6 is 0 Å². The van der Waals surface area contributed by atoms with Gasteiger partial charge in [0, 0.05) is 12.1 Å². The van der Waals surface area contributed by atoms with Gasteiger partial charge in [0.15, 0.2) is 0 Å². The van der Waals surface area contributed by atoms with Gasteiger partial charge >= 0.3 is 5.97 Å². The molecule has 96 valence electrons. The van der Waals surface area contributed by atoms with E-state index in [0.717, 1.165) is 5.56 Å². The highest BCUT2D eigenvalue weighted by Crippen LogP contribution is 2.09. The lowest BCUT2D eigenvalue weighted by Crippen LogP contribution is -2.32. The highest BCUT2D eigenvalue weighted by molar-refractivity contribution is 6.08. The molecule has 0 amide bonds. The maximum Gasteiger partial charge on any atom is 0.320 e. The minimum atomic E-state index is -1.04. The summed E-state index contributed by atoms with van der Waals surface area (Å²) in [5.41, 5.74) is 7.15. The van der Waals surface area contributed by atoms with Crippen molar-refractivity contribution >= 4 is 17.5 Å². The molecule has 0 aliphatic rings. The second-order valence-electron chi connectivity index (χ2n) is 4.20. The Morgan fingerprint density at radius 2 is 1.89 bits per heavy atom. The number of carbonyl (C=O) groups is 2. The van der Waals surface area contributed by atoms with Gasteiger partial charge in [-0.3, -0.25) is 9.59 Å². The van der Waals surface area contributed by atoms with Crippen molar-refractivity contribution in [3.63, 3.8) is 0 Å². The fraction of sp³-hybridized carbons (Fsp3) is 0.308. The van der Waals surface area contributed by atoms with E-state index < -0.39 is 12.0 Å². The van der Waals surface area contributed by atoms with Gasteiger partial charge in [0.05, 0.1) is 0 Å². The molecule has 5 nitrogen and oxygen atoms in total. The van der Waals surface area contributed by atoms with E-state index in [1.54, 1.807) is 24.3 Å². The number of benzene rings is 1. The first-order valence-corrected chi connectivity index (χ1v) is 5.54. The number of Topliss-reactive ketones (excluding diaryl/α,β-unsaturated/α-hetero) is 1. The number of nitrogens with one attached hydrogen (secondary N) is 1. The number of hydrogen-bond donors (Lipinski definition) is 3. The molecular formula is C13H16N2O3. The summed E-state index contributed by atoms with van der Waals surface area (Å²) in [6, 6.07) is 5.94. The third-order valence-electron chi connectivity index (χ3n) is 2.50. The van der Waals surface area contributed by atoms with Crippen LogP contribution in [-0.2, 0) is 16.0 Å². The van der Waals surface area contributed by atoms with Crippen LogP contribution in [0.3, 0.4) is 0 Å². The Labute approximate surface area is 105 Å². The molecule has 1 atom stereocenters. The van der Waals surface area contributed by atoms with Gasteiger partial charge in [-0.1, -0.05) is 24.3 Å².